The van der Waals surface area contributed by atoms with Crippen molar-refractivity contribution in [1.82, 2.24) is 0 Å². The highest BCUT2D eigenvalue weighted by Gasteiger charge is 2.30. The molecule has 0 aromatic heterocycles. The summed E-state index contributed by atoms with van der Waals surface area (Å²) in [6, 6.07) is 15.3. The van der Waals surface area contributed by atoms with Crippen molar-refractivity contribution in [2.24, 2.45) is 0 Å². The summed E-state index contributed by atoms with van der Waals surface area (Å²) in [5.74, 6) is 0.923. The number of ether oxygens (including phenoxy) is 5. The molecule has 0 saturated carbocycles. The molecule has 0 bridgehead atoms. The largest absolute Gasteiger partial charge is 0.465 e. The summed E-state index contributed by atoms with van der Waals surface area (Å²) in [5, 5.41) is 0. The average molecular weight is 577 g/mol. The zero-order valence-corrected chi connectivity index (χ0v) is 25.5. The van der Waals surface area contributed by atoms with Crippen molar-refractivity contribution in [2.45, 2.75) is 115 Å². The van der Waals surface area contributed by atoms with Crippen molar-refractivity contribution in [1.29, 1.82) is 0 Å². The highest BCUT2D eigenvalue weighted by molar-refractivity contribution is 5.82. The van der Waals surface area contributed by atoms with E-state index in [2.05, 4.69) is 68.5 Å². The van der Waals surface area contributed by atoms with Crippen LogP contribution in [0.15, 0.2) is 42.5 Å². The first kappa shape index (κ1) is 30.9. The van der Waals surface area contributed by atoms with Crippen molar-refractivity contribution in [3.05, 3.63) is 64.7 Å². The fraction of sp³-hybridized carbons (Fsp3) is 0.583. The van der Waals surface area contributed by atoms with Gasteiger partial charge in [-0.15, -0.1) is 0 Å². The van der Waals surface area contributed by atoms with E-state index >= 15 is 0 Å². The molecule has 3 heterocycles. The Morgan fingerprint density at radius 2 is 1.60 bits per heavy atom. The van der Waals surface area contributed by atoms with Gasteiger partial charge in [-0.1, -0.05) is 42.8 Å². The van der Waals surface area contributed by atoms with Crippen LogP contribution in [0.25, 0.3) is 12.2 Å². The topological polar surface area (TPSA) is 63.2 Å². The number of hydrogen-bond acceptors (Lipinski definition) is 6. The molecular formula is C36H48O6. The van der Waals surface area contributed by atoms with Gasteiger partial charge in [0.2, 0.25) is 6.29 Å². The van der Waals surface area contributed by atoms with E-state index in [0.717, 1.165) is 88.7 Å². The van der Waals surface area contributed by atoms with Crippen LogP contribution in [0.2, 0.25) is 0 Å². The third kappa shape index (κ3) is 9.50. The van der Waals surface area contributed by atoms with Gasteiger partial charge in [-0.2, -0.15) is 0 Å². The molecule has 6 nitrogen and oxygen atoms in total. The number of hydrogen-bond donors (Lipinski definition) is 0. The lowest BCUT2D eigenvalue weighted by Gasteiger charge is -2.32. The van der Waals surface area contributed by atoms with Gasteiger partial charge in [0.15, 0.2) is 12.1 Å². The average Bonchev–Trinajstić information content (AvgIpc) is 3.01. The monoisotopic (exact) mass is 576 g/mol. The second-order valence-corrected chi connectivity index (χ2v) is 12.5. The number of aryl methyl sites for hydroxylation is 1. The molecule has 3 unspecified atom stereocenters. The molecule has 0 radical (unpaired) electrons. The standard InChI is InChI=1S/C36H48O6/c1-36(2,42-35-32(37)11-9-23-40-35)20-6-3-10-27-14-16-28(17-15-27)18-19-29-24-30(33-12-4-7-21-38-33)26-31(25-29)41-34-13-5-8-22-39-34/h14-19,24-26,33-35H,3-13,20-23H2,1-2H3. The van der Waals surface area contributed by atoms with E-state index in [-0.39, 0.29) is 23.8 Å². The molecule has 3 aliphatic heterocycles. The quantitative estimate of drug-likeness (QED) is 0.187. The van der Waals surface area contributed by atoms with Crippen LogP contribution in [-0.2, 0) is 30.2 Å². The number of carbonyl (C=O) groups is 1. The summed E-state index contributed by atoms with van der Waals surface area (Å²) >= 11 is 0. The van der Waals surface area contributed by atoms with Crippen molar-refractivity contribution in [3.8, 4) is 5.75 Å². The van der Waals surface area contributed by atoms with E-state index in [1.165, 1.54) is 23.1 Å². The van der Waals surface area contributed by atoms with E-state index in [9.17, 15) is 4.79 Å². The van der Waals surface area contributed by atoms with E-state index in [1.807, 2.05) is 0 Å². The van der Waals surface area contributed by atoms with Gasteiger partial charge in [0.25, 0.3) is 0 Å². The van der Waals surface area contributed by atoms with Crippen LogP contribution >= 0.6 is 0 Å². The lowest BCUT2D eigenvalue weighted by Crippen LogP contribution is -2.39. The zero-order chi connectivity index (χ0) is 29.2. The van der Waals surface area contributed by atoms with E-state index in [0.29, 0.717) is 13.0 Å². The molecule has 2 aromatic carbocycles. The summed E-state index contributed by atoms with van der Waals surface area (Å²) in [7, 11) is 0. The Balaban J connectivity index is 1.14. The van der Waals surface area contributed by atoms with Crippen LogP contribution in [0.4, 0.5) is 0 Å². The number of Topliss-reactive ketones (excluding diaryl/α,β-unsaturated/α-hetero) is 1. The van der Waals surface area contributed by atoms with Crippen molar-refractivity contribution >= 4 is 17.9 Å². The molecule has 228 valence electrons. The van der Waals surface area contributed by atoms with Crippen molar-refractivity contribution in [3.63, 3.8) is 0 Å². The van der Waals surface area contributed by atoms with Gasteiger partial charge in [0, 0.05) is 19.4 Å². The SMILES string of the molecule is CC(C)(CCCCc1ccc(C=Cc2cc(OC3CCCCO3)cc(C3CCCCO3)c2)cc1)OC1OCCCC1=O. The summed E-state index contributed by atoms with van der Waals surface area (Å²) in [6.45, 7) is 6.29. The minimum atomic E-state index is -0.692. The van der Waals surface area contributed by atoms with Gasteiger partial charge in [-0.05, 0) is 112 Å². The molecule has 0 amide bonds. The van der Waals surface area contributed by atoms with Crippen LogP contribution in [0, 0.1) is 0 Å². The molecule has 2 aromatic rings. The van der Waals surface area contributed by atoms with E-state index in [4.69, 9.17) is 23.7 Å². The number of carbonyl (C=O) groups excluding carboxylic acids is 1. The predicted molar refractivity (Wildman–Crippen MR) is 165 cm³/mol. The minimum absolute atomic E-state index is 0.0669. The summed E-state index contributed by atoms with van der Waals surface area (Å²) in [6.07, 6.45) is 15.5. The molecule has 0 aliphatic carbocycles. The fourth-order valence-corrected chi connectivity index (χ4v) is 5.92. The lowest BCUT2D eigenvalue weighted by atomic mass is 9.97. The van der Waals surface area contributed by atoms with Gasteiger partial charge in [0.05, 0.1) is 24.9 Å². The molecular weight excluding hydrogens is 528 g/mol. The normalized spacial score (nSPS) is 23.8. The second-order valence-electron chi connectivity index (χ2n) is 12.5. The van der Waals surface area contributed by atoms with Crippen LogP contribution in [-0.4, -0.2) is 43.8 Å². The molecule has 3 fully saturated rings. The third-order valence-electron chi connectivity index (χ3n) is 8.38. The van der Waals surface area contributed by atoms with Gasteiger partial charge >= 0.3 is 0 Å². The van der Waals surface area contributed by atoms with Crippen LogP contribution in [0.3, 0.4) is 0 Å². The number of unbranched alkanes of at least 4 members (excludes halogenated alkanes) is 1. The third-order valence-corrected chi connectivity index (χ3v) is 8.38. The molecule has 3 aliphatic rings. The predicted octanol–water partition coefficient (Wildman–Crippen LogP) is 8.22. The molecule has 6 heteroatoms. The Morgan fingerprint density at radius 3 is 2.33 bits per heavy atom. The Kier molecular flexibility index (Phi) is 11.3. The molecule has 0 N–H and O–H groups in total. The first-order valence-corrected chi connectivity index (χ1v) is 16.1. The van der Waals surface area contributed by atoms with Crippen LogP contribution in [0.1, 0.15) is 113 Å². The lowest BCUT2D eigenvalue weighted by molar-refractivity contribution is -0.212. The number of ketones is 1. The van der Waals surface area contributed by atoms with Gasteiger partial charge < -0.3 is 23.7 Å². The van der Waals surface area contributed by atoms with E-state index in [1.54, 1.807) is 0 Å². The van der Waals surface area contributed by atoms with Gasteiger partial charge in [-0.25, -0.2) is 0 Å². The maximum absolute atomic E-state index is 12.0. The maximum Gasteiger partial charge on any atom is 0.218 e. The second kappa shape index (κ2) is 15.3. The Bertz CT molecular complexity index is 1160. The number of benzene rings is 2. The zero-order valence-electron chi connectivity index (χ0n) is 25.5. The summed E-state index contributed by atoms with van der Waals surface area (Å²) in [5.41, 5.74) is 4.42. The molecule has 3 atom stereocenters. The van der Waals surface area contributed by atoms with Gasteiger partial charge in [0.1, 0.15) is 5.75 Å². The minimum Gasteiger partial charge on any atom is -0.465 e. The Hall–Kier alpha value is -2.51. The van der Waals surface area contributed by atoms with Crippen molar-refractivity contribution in [2.75, 3.05) is 19.8 Å². The highest BCUT2D eigenvalue weighted by atomic mass is 16.7. The van der Waals surface area contributed by atoms with Gasteiger partial charge in [-0.3, -0.25) is 4.79 Å². The first-order chi connectivity index (χ1) is 20.4. The highest BCUT2D eigenvalue weighted by Crippen LogP contribution is 2.33. The Labute approximate surface area is 251 Å². The van der Waals surface area contributed by atoms with E-state index < -0.39 is 6.29 Å². The fourth-order valence-electron chi connectivity index (χ4n) is 5.92. The van der Waals surface area contributed by atoms with Crippen LogP contribution < -0.4 is 4.74 Å². The molecule has 3 saturated heterocycles. The first-order valence-electron chi connectivity index (χ1n) is 16.1. The smallest absolute Gasteiger partial charge is 0.218 e. The van der Waals surface area contributed by atoms with Crippen molar-refractivity contribution < 1.29 is 28.5 Å². The Morgan fingerprint density at radius 1 is 0.833 bits per heavy atom. The molecule has 42 heavy (non-hydrogen) atoms. The summed E-state index contributed by atoms with van der Waals surface area (Å²) < 4.78 is 29.7. The van der Waals surface area contributed by atoms with Crippen LogP contribution in [0.5, 0.6) is 5.75 Å². The summed E-state index contributed by atoms with van der Waals surface area (Å²) in [4.78, 5) is 12.0. The number of rotatable bonds is 12. The molecule has 5 rings (SSSR count). The maximum atomic E-state index is 12.0. The molecule has 0 spiro atoms.